The number of aromatic carboxylic acids is 1. The monoisotopic (exact) mass is 247 g/mol. The Kier molecular flexibility index (Phi) is 3.52. The average Bonchev–Trinajstić information content (AvgIpc) is 2.38. The molecule has 0 aliphatic heterocycles. The van der Waals surface area contributed by atoms with Gasteiger partial charge < -0.3 is 9.84 Å². The van der Waals surface area contributed by atoms with Crippen molar-refractivity contribution in [2.24, 2.45) is 0 Å². The van der Waals surface area contributed by atoms with E-state index < -0.39 is 5.97 Å². The number of ether oxygens (including phenoxy) is 1. The first kappa shape index (κ1) is 12.0. The van der Waals surface area contributed by atoms with Crippen LogP contribution in [0.5, 0.6) is 5.75 Å². The summed E-state index contributed by atoms with van der Waals surface area (Å²) in [5, 5.41) is 8.91. The van der Waals surface area contributed by atoms with E-state index in [2.05, 4.69) is 4.98 Å². The third-order valence-electron chi connectivity index (χ3n) is 2.28. The van der Waals surface area contributed by atoms with Gasteiger partial charge in [-0.1, -0.05) is 12.1 Å². The molecule has 0 aliphatic carbocycles. The van der Waals surface area contributed by atoms with Crippen LogP contribution in [-0.2, 0) is 6.61 Å². The Balaban J connectivity index is 2.10. The minimum atomic E-state index is -1.15. The number of carboxylic acids is 1. The van der Waals surface area contributed by atoms with Gasteiger partial charge >= 0.3 is 5.97 Å². The predicted octanol–water partition coefficient (Wildman–Crippen LogP) is 2.50. The van der Waals surface area contributed by atoms with Gasteiger partial charge in [0.15, 0.2) is 11.4 Å². The zero-order valence-electron chi connectivity index (χ0n) is 9.34. The number of pyridine rings is 1. The molecule has 0 saturated carbocycles. The second kappa shape index (κ2) is 5.27. The van der Waals surface area contributed by atoms with Gasteiger partial charge in [0.25, 0.3) is 0 Å². The Morgan fingerprint density at radius 3 is 2.67 bits per heavy atom. The molecule has 5 heteroatoms. The third kappa shape index (κ3) is 2.82. The molecule has 0 atom stereocenters. The van der Waals surface area contributed by atoms with Gasteiger partial charge in [-0.15, -0.1) is 0 Å². The van der Waals surface area contributed by atoms with E-state index >= 15 is 0 Å². The topological polar surface area (TPSA) is 59.4 Å². The zero-order chi connectivity index (χ0) is 13.0. The highest BCUT2D eigenvalue weighted by atomic mass is 19.1. The van der Waals surface area contributed by atoms with Crippen molar-refractivity contribution in [3.8, 4) is 5.75 Å². The lowest BCUT2D eigenvalue weighted by molar-refractivity contribution is 0.0685. The summed E-state index contributed by atoms with van der Waals surface area (Å²) in [6.07, 6.45) is 1.38. The van der Waals surface area contributed by atoms with Gasteiger partial charge in [-0.3, -0.25) is 0 Å². The van der Waals surface area contributed by atoms with Gasteiger partial charge in [-0.25, -0.2) is 14.2 Å². The largest absolute Gasteiger partial charge is 0.486 e. The number of halogens is 1. The maximum absolute atomic E-state index is 12.7. The minimum Gasteiger partial charge on any atom is -0.486 e. The summed E-state index contributed by atoms with van der Waals surface area (Å²) in [6.45, 7) is 0.159. The van der Waals surface area contributed by atoms with E-state index in [1.54, 1.807) is 18.2 Å². The fourth-order valence-corrected chi connectivity index (χ4v) is 1.41. The van der Waals surface area contributed by atoms with Crippen molar-refractivity contribution >= 4 is 5.97 Å². The highest BCUT2D eigenvalue weighted by molar-refractivity contribution is 5.88. The third-order valence-corrected chi connectivity index (χ3v) is 2.28. The Bertz CT molecular complexity index is 554. The maximum atomic E-state index is 12.7. The molecule has 0 fully saturated rings. The lowest BCUT2D eigenvalue weighted by Crippen LogP contribution is -2.05. The van der Waals surface area contributed by atoms with Crippen molar-refractivity contribution < 1.29 is 19.0 Å². The SMILES string of the molecule is O=C(O)c1ncccc1OCc1ccc(F)cc1. The van der Waals surface area contributed by atoms with E-state index in [0.717, 1.165) is 5.56 Å². The lowest BCUT2D eigenvalue weighted by atomic mass is 10.2. The van der Waals surface area contributed by atoms with Crippen molar-refractivity contribution in [2.75, 3.05) is 0 Å². The summed E-state index contributed by atoms with van der Waals surface area (Å²) >= 11 is 0. The van der Waals surface area contributed by atoms with Gasteiger partial charge in [-0.05, 0) is 29.8 Å². The van der Waals surface area contributed by atoms with Crippen LogP contribution in [0.25, 0.3) is 0 Å². The molecule has 1 N–H and O–H groups in total. The molecule has 0 unspecified atom stereocenters. The number of benzene rings is 1. The van der Waals surface area contributed by atoms with Crippen LogP contribution in [0.3, 0.4) is 0 Å². The highest BCUT2D eigenvalue weighted by Crippen LogP contribution is 2.17. The van der Waals surface area contributed by atoms with E-state index in [0.29, 0.717) is 0 Å². The normalized spacial score (nSPS) is 10.1. The molecular weight excluding hydrogens is 237 g/mol. The second-order valence-electron chi connectivity index (χ2n) is 3.57. The molecule has 18 heavy (non-hydrogen) atoms. The van der Waals surface area contributed by atoms with Crippen LogP contribution in [0.2, 0.25) is 0 Å². The first-order valence-corrected chi connectivity index (χ1v) is 5.22. The average molecular weight is 247 g/mol. The van der Waals surface area contributed by atoms with Gasteiger partial charge in [0.05, 0.1) is 0 Å². The molecule has 92 valence electrons. The van der Waals surface area contributed by atoms with Crippen molar-refractivity contribution in [3.05, 3.63) is 59.7 Å². The second-order valence-corrected chi connectivity index (χ2v) is 3.57. The molecule has 0 aliphatic rings. The molecular formula is C13H10FNO3. The first-order chi connectivity index (χ1) is 8.66. The number of hydrogen-bond acceptors (Lipinski definition) is 3. The Hall–Kier alpha value is -2.43. The molecule has 1 aromatic heterocycles. The summed E-state index contributed by atoms with van der Waals surface area (Å²) in [7, 11) is 0. The number of carboxylic acid groups (broad SMARTS) is 1. The molecule has 0 saturated heterocycles. The molecule has 1 aromatic carbocycles. The Labute approximate surface area is 103 Å². The van der Waals surface area contributed by atoms with E-state index in [1.165, 1.54) is 24.4 Å². The molecule has 0 bridgehead atoms. The highest BCUT2D eigenvalue weighted by Gasteiger charge is 2.11. The molecule has 1 heterocycles. The number of rotatable bonds is 4. The van der Waals surface area contributed by atoms with E-state index in [-0.39, 0.29) is 23.9 Å². The van der Waals surface area contributed by atoms with Crippen LogP contribution in [0.4, 0.5) is 4.39 Å². The van der Waals surface area contributed by atoms with Gasteiger partial charge in [-0.2, -0.15) is 0 Å². The lowest BCUT2D eigenvalue weighted by Gasteiger charge is -2.08. The fourth-order valence-electron chi connectivity index (χ4n) is 1.41. The molecule has 0 radical (unpaired) electrons. The van der Waals surface area contributed by atoms with Crippen molar-refractivity contribution in [2.45, 2.75) is 6.61 Å². The van der Waals surface area contributed by atoms with Crippen LogP contribution < -0.4 is 4.74 Å². The molecule has 2 aromatic rings. The van der Waals surface area contributed by atoms with Gasteiger partial charge in [0.1, 0.15) is 12.4 Å². The van der Waals surface area contributed by atoms with Crippen LogP contribution in [0.1, 0.15) is 16.1 Å². The van der Waals surface area contributed by atoms with Crippen molar-refractivity contribution in [3.63, 3.8) is 0 Å². The van der Waals surface area contributed by atoms with E-state index in [9.17, 15) is 9.18 Å². The summed E-state index contributed by atoms with van der Waals surface area (Å²) in [5.41, 5.74) is 0.608. The minimum absolute atomic E-state index is 0.139. The molecule has 2 rings (SSSR count). The number of carbonyl (C=O) groups is 1. The molecule has 0 spiro atoms. The summed E-state index contributed by atoms with van der Waals surface area (Å²) < 4.78 is 18.0. The van der Waals surface area contributed by atoms with Gasteiger partial charge in [0, 0.05) is 6.20 Å². The van der Waals surface area contributed by atoms with Crippen LogP contribution in [-0.4, -0.2) is 16.1 Å². The summed E-state index contributed by atoms with van der Waals surface area (Å²) in [6, 6.07) is 8.91. The Morgan fingerprint density at radius 1 is 1.28 bits per heavy atom. The Morgan fingerprint density at radius 2 is 2.00 bits per heavy atom. The summed E-state index contributed by atoms with van der Waals surface area (Å²) in [4.78, 5) is 14.6. The number of nitrogens with zero attached hydrogens (tertiary/aromatic N) is 1. The van der Waals surface area contributed by atoms with Gasteiger partial charge in [0.2, 0.25) is 0 Å². The first-order valence-electron chi connectivity index (χ1n) is 5.22. The maximum Gasteiger partial charge on any atom is 0.358 e. The zero-order valence-corrected chi connectivity index (χ0v) is 9.34. The summed E-state index contributed by atoms with van der Waals surface area (Å²) in [5.74, 6) is -1.29. The van der Waals surface area contributed by atoms with Crippen molar-refractivity contribution in [1.29, 1.82) is 0 Å². The van der Waals surface area contributed by atoms with Crippen LogP contribution >= 0.6 is 0 Å². The molecule has 0 amide bonds. The van der Waals surface area contributed by atoms with E-state index in [4.69, 9.17) is 9.84 Å². The van der Waals surface area contributed by atoms with Crippen molar-refractivity contribution in [1.82, 2.24) is 4.98 Å². The smallest absolute Gasteiger partial charge is 0.358 e. The molecule has 4 nitrogen and oxygen atoms in total. The number of aromatic nitrogens is 1. The predicted molar refractivity (Wildman–Crippen MR) is 61.9 cm³/mol. The van der Waals surface area contributed by atoms with E-state index in [1.807, 2.05) is 0 Å². The fraction of sp³-hybridized carbons (Fsp3) is 0.0769. The standard InChI is InChI=1S/C13H10FNO3/c14-10-5-3-9(4-6-10)8-18-11-2-1-7-15-12(11)13(16)17/h1-7H,8H2,(H,16,17). The number of hydrogen-bond donors (Lipinski definition) is 1. The quantitative estimate of drug-likeness (QED) is 0.901. The van der Waals surface area contributed by atoms with Crippen LogP contribution in [0, 0.1) is 5.82 Å². The van der Waals surface area contributed by atoms with Crippen LogP contribution in [0.15, 0.2) is 42.6 Å².